The molecule has 0 aliphatic carbocycles. The van der Waals surface area contributed by atoms with Gasteiger partial charge in [-0.25, -0.2) is 14.6 Å². The normalized spacial score (nSPS) is 10.3. The van der Waals surface area contributed by atoms with Crippen molar-refractivity contribution in [2.45, 2.75) is 0 Å². The maximum atomic E-state index is 5.63. The van der Waals surface area contributed by atoms with E-state index in [4.69, 9.17) is 10.5 Å². The molecule has 0 saturated carbocycles. The minimum atomic E-state index is 0.163. The monoisotopic (exact) mass is 254 g/mol. The number of ether oxygens (including phenoxy) is 1. The number of anilines is 1. The van der Waals surface area contributed by atoms with Crippen LogP contribution in [0.5, 0.6) is 11.9 Å². The van der Waals surface area contributed by atoms with Crippen LogP contribution in [0.25, 0.3) is 5.69 Å². The Morgan fingerprint density at radius 2 is 1.79 bits per heavy atom. The quantitative estimate of drug-likeness (QED) is 0.760. The van der Waals surface area contributed by atoms with Crippen LogP contribution in [-0.4, -0.2) is 24.7 Å². The molecule has 0 bridgehead atoms. The molecule has 7 nitrogen and oxygen atoms in total. The number of hydrogen-bond donors (Lipinski definition) is 1. The number of nitrogens with two attached hydrogens (primary N) is 1. The number of nitrogen functional groups attached to an aromatic ring is 1. The van der Waals surface area contributed by atoms with Crippen molar-refractivity contribution in [3.8, 4) is 17.6 Å². The second-order valence-electron chi connectivity index (χ2n) is 3.66. The van der Waals surface area contributed by atoms with Gasteiger partial charge in [-0.05, 0) is 12.1 Å². The highest BCUT2D eigenvalue weighted by Crippen LogP contribution is 2.19. The second-order valence-corrected chi connectivity index (χ2v) is 3.66. The second kappa shape index (κ2) is 4.73. The summed E-state index contributed by atoms with van der Waals surface area (Å²) in [7, 11) is 0. The molecule has 19 heavy (non-hydrogen) atoms. The van der Waals surface area contributed by atoms with Crippen molar-refractivity contribution >= 4 is 5.82 Å². The predicted octanol–water partition coefficient (Wildman–Crippen LogP) is 1.43. The summed E-state index contributed by atoms with van der Waals surface area (Å²) in [5, 5.41) is 4.18. The zero-order chi connectivity index (χ0) is 13.1. The third kappa shape index (κ3) is 2.34. The van der Waals surface area contributed by atoms with Crippen molar-refractivity contribution < 1.29 is 4.74 Å². The third-order valence-electron chi connectivity index (χ3n) is 2.37. The van der Waals surface area contributed by atoms with Crippen LogP contribution >= 0.6 is 0 Å². The zero-order valence-electron chi connectivity index (χ0n) is 9.84. The number of rotatable bonds is 3. The predicted molar refractivity (Wildman–Crippen MR) is 67.9 cm³/mol. The van der Waals surface area contributed by atoms with E-state index in [0.717, 1.165) is 5.69 Å². The van der Waals surface area contributed by atoms with Gasteiger partial charge in [0.15, 0.2) is 5.82 Å². The minimum absolute atomic E-state index is 0.163. The molecule has 0 aliphatic heterocycles. The first-order valence-corrected chi connectivity index (χ1v) is 5.54. The summed E-state index contributed by atoms with van der Waals surface area (Å²) in [4.78, 5) is 11.9. The van der Waals surface area contributed by atoms with E-state index in [2.05, 4.69) is 20.1 Å². The number of nitrogens with zero attached hydrogens (tertiary/aromatic N) is 5. The lowest BCUT2D eigenvalue weighted by Gasteiger charge is -2.01. The molecule has 0 spiro atoms. The van der Waals surface area contributed by atoms with Crippen LogP contribution in [0.15, 0.2) is 49.1 Å². The van der Waals surface area contributed by atoms with Gasteiger partial charge < -0.3 is 10.5 Å². The van der Waals surface area contributed by atoms with Crippen molar-refractivity contribution in [2.75, 3.05) is 5.73 Å². The lowest BCUT2D eigenvalue weighted by atomic mass is 10.3. The average molecular weight is 254 g/mol. The molecule has 2 N–H and O–H groups in total. The van der Waals surface area contributed by atoms with Gasteiger partial charge in [-0.15, -0.1) is 5.10 Å². The van der Waals surface area contributed by atoms with Crippen LogP contribution in [-0.2, 0) is 0 Å². The van der Waals surface area contributed by atoms with Gasteiger partial charge in [0.2, 0.25) is 0 Å². The molecule has 0 radical (unpaired) electrons. The summed E-state index contributed by atoms with van der Waals surface area (Å²) < 4.78 is 6.97. The Morgan fingerprint density at radius 3 is 2.58 bits per heavy atom. The maximum absolute atomic E-state index is 5.63. The fourth-order valence-corrected chi connectivity index (χ4v) is 1.50. The Bertz CT molecular complexity index is 681. The van der Waals surface area contributed by atoms with Gasteiger partial charge in [-0.3, -0.25) is 0 Å². The van der Waals surface area contributed by atoms with E-state index in [-0.39, 0.29) is 17.7 Å². The van der Waals surface area contributed by atoms with Crippen molar-refractivity contribution in [3.63, 3.8) is 0 Å². The third-order valence-corrected chi connectivity index (χ3v) is 2.37. The number of aromatic nitrogens is 5. The van der Waals surface area contributed by atoms with Gasteiger partial charge >= 0.3 is 6.01 Å². The average Bonchev–Trinajstić information content (AvgIpc) is 2.91. The van der Waals surface area contributed by atoms with Gasteiger partial charge in [-0.1, -0.05) is 18.2 Å². The summed E-state index contributed by atoms with van der Waals surface area (Å²) in [6.45, 7) is 0. The molecule has 3 rings (SSSR count). The summed E-state index contributed by atoms with van der Waals surface area (Å²) in [5.41, 5.74) is 6.51. The van der Waals surface area contributed by atoms with Gasteiger partial charge in [0.25, 0.3) is 5.88 Å². The molecule has 3 aromatic rings. The lowest BCUT2D eigenvalue weighted by Crippen LogP contribution is -1.99. The smallest absolute Gasteiger partial charge is 0.342 e. The van der Waals surface area contributed by atoms with E-state index >= 15 is 0 Å². The molecule has 0 fully saturated rings. The fraction of sp³-hybridized carbons (Fsp3) is 0. The number of benzene rings is 1. The van der Waals surface area contributed by atoms with Crippen molar-refractivity contribution in [2.24, 2.45) is 0 Å². The molecule has 0 saturated heterocycles. The molecule has 0 aliphatic rings. The summed E-state index contributed by atoms with van der Waals surface area (Å²) >= 11 is 0. The number of hydrogen-bond acceptors (Lipinski definition) is 6. The summed E-state index contributed by atoms with van der Waals surface area (Å²) in [6, 6.07) is 9.75. The topological polar surface area (TPSA) is 91.7 Å². The van der Waals surface area contributed by atoms with E-state index in [1.54, 1.807) is 11.0 Å². The number of para-hydroxylation sites is 1. The van der Waals surface area contributed by atoms with Gasteiger partial charge in [-0.2, -0.15) is 4.98 Å². The molecule has 1 aromatic carbocycles. The molecular weight excluding hydrogens is 244 g/mol. The van der Waals surface area contributed by atoms with Crippen LogP contribution < -0.4 is 10.5 Å². The van der Waals surface area contributed by atoms with Crippen molar-refractivity contribution in [3.05, 3.63) is 49.1 Å². The molecule has 0 amide bonds. The zero-order valence-corrected chi connectivity index (χ0v) is 9.84. The van der Waals surface area contributed by atoms with Gasteiger partial charge in [0, 0.05) is 12.4 Å². The Hall–Kier alpha value is -2.96. The SMILES string of the molecule is Nc1nccnc1Oc1ncn(-c2ccccc2)n1. The van der Waals surface area contributed by atoms with Crippen LogP contribution in [0.2, 0.25) is 0 Å². The van der Waals surface area contributed by atoms with E-state index in [1.165, 1.54) is 12.4 Å². The highest BCUT2D eigenvalue weighted by atomic mass is 16.5. The van der Waals surface area contributed by atoms with E-state index < -0.39 is 0 Å². The van der Waals surface area contributed by atoms with Crippen LogP contribution in [0, 0.1) is 0 Å². The minimum Gasteiger partial charge on any atom is -0.400 e. The Kier molecular flexibility index (Phi) is 2.77. The first-order valence-electron chi connectivity index (χ1n) is 5.54. The molecule has 7 heteroatoms. The molecule has 2 aromatic heterocycles. The van der Waals surface area contributed by atoms with Crippen molar-refractivity contribution in [1.82, 2.24) is 24.7 Å². The molecular formula is C12H10N6O. The Morgan fingerprint density at radius 1 is 1.00 bits per heavy atom. The van der Waals surface area contributed by atoms with Crippen LogP contribution in [0.1, 0.15) is 0 Å². The first kappa shape index (κ1) is 11.1. The summed E-state index contributed by atoms with van der Waals surface area (Å²) in [6.07, 6.45) is 4.52. The lowest BCUT2D eigenvalue weighted by molar-refractivity contribution is 0.425. The highest BCUT2D eigenvalue weighted by Gasteiger charge is 2.08. The molecule has 94 valence electrons. The van der Waals surface area contributed by atoms with E-state index in [1.807, 2.05) is 30.3 Å². The molecule has 0 atom stereocenters. The van der Waals surface area contributed by atoms with Crippen LogP contribution in [0.4, 0.5) is 5.82 Å². The maximum Gasteiger partial charge on any atom is 0.342 e. The fourth-order valence-electron chi connectivity index (χ4n) is 1.50. The standard InChI is InChI=1S/C12H10N6O/c13-10-11(15-7-6-14-10)19-12-16-8-18(17-12)9-4-2-1-3-5-9/h1-8H,(H2,13,14). The molecule has 2 heterocycles. The van der Waals surface area contributed by atoms with Gasteiger partial charge in [0.05, 0.1) is 5.69 Å². The Balaban J connectivity index is 1.85. The van der Waals surface area contributed by atoms with Crippen molar-refractivity contribution in [1.29, 1.82) is 0 Å². The largest absolute Gasteiger partial charge is 0.400 e. The highest BCUT2D eigenvalue weighted by molar-refractivity contribution is 5.40. The van der Waals surface area contributed by atoms with Crippen LogP contribution in [0.3, 0.4) is 0 Å². The van der Waals surface area contributed by atoms with E-state index in [0.29, 0.717) is 0 Å². The summed E-state index contributed by atoms with van der Waals surface area (Å²) in [5.74, 6) is 0.381. The first-order chi connectivity index (χ1) is 9.33. The van der Waals surface area contributed by atoms with Gasteiger partial charge in [0.1, 0.15) is 6.33 Å². The van der Waals surface area contributed by atoms with E-state index in [9.17, 15) is 0 Å². The Labute approximate surface area is 108 Å². The molecule has 0 unspecified atom stereocenters.